The van der Waals surface area contributed by atoms with E-state index in [2.05, 4.69) is 12.2 Å². The molecule has 1 amide bonds. The van der Waals surface area contributed by atoms with E-state index in [1.54, 1.807) is 23.1 Å². The summed E-state index contributed by atoms with van der Waals surface area (Å²) in [5.74, 6) is 1.78. The first-order valence-corrected chi connectivity index (χ1v) is 11.5. The lowest BCUT2D eigenvalue weighted by Gasteiger charge is -2.26. The van der Waals surface area contributed by atoms with Gasteiger partial charge in [0.2, 0.25) is 11.0 Å². The van der Waals surface area contributed by atoms with Crippen molar-refractivity contribution in [2.45, 2.75) is 32.6 Å². The molecule has 1 N–H and O–H groups in total. The fraction of sp³-hybridized carbons (Fsp3) is 0.292. The van der Waals surface area contributed by atoms with Gasteiger partial charge in [-0.2, -0.15) is 9.78 Å². The molecule has 164 valence electrons. The molecule has 1 unspecified atom stereocenters. The smallest absolute Gasteiger partial charge is 0.226 e. The van der Waals surface area contributed by atoms with Crippen molar-refractivity contribution < 1.29 is 14.3 Å². The molecule has 5 rings (SSSR count). The molecule has 7 nitrogen and oxygen atoms in total. The molecule has 3 heterocycles. The molecule has 1 aliphatic rings. The molecule has 2 aromatic carbocycles. The van der Waals surface area contributed by atoms with E-state index in [4.69, 9.17) is 19.6 Å². The van der Waals surface area contributed by atoms with Crippen molar-refractivity contribution in [3.63, 3.8) is 0 Å². The first-order valence-electron chi connectivity index (χ1n) is 10.7. The molecule has 1 aliphatic heterocycles. The largest absolute Gasteiger partial charge is 0.493 e. The average molecular weight is 449 g/mol. The molecule has 1 atom stereocenters. The van der Waals surface area contributed by atoms with Gasteiger partial charge < -0.3 is 14.8 Å². The summed E-state index contributed by atoms with van der Waals surface area (Å²) in [7, 11) is 1.63. The number of thiazole rings is 1. The SMILES string of the molecule is CCCOc1c(OC)cccc1C1CC(=O)Nc2c1c(C)nn2-c1nc2ccccc2s1. The molecule has 2 aromatic heterocycles. The van der Waals surface area contributed by atoms with Crippen LogP contribution in [0.3, 0.4) is 0 Å². The van der Waals surface area contributed by atoms with Gasteiger partial charge in [0.25, 0.3) is 0 Å². The van der Waals surface area contributed by atoms with E-state index in [1.807, 2.05) is 49.4 Å². The standard InChI is InChI=1S/C24H24N4O3S/c1-4-12-31-22-15(8-7-10-18(22)30-3)16-13-20(29)26-23-21(16)14(2)27-28(23)24-25-17-9-5-6-11-19(17)32-24/h5-11,16H,4,12-13H2,1-3H3,(H,26,29). The molecular formula is C24H24N4O3S. The van der Waals surface area contributed by atoms with Gasteiger partial charge in [-0.25, -0.2) is 4.98 Å². The lowest BCUT2D eigenvalue weighted by Crippen LogP contribution is -2.25. The number of ether oxygens (including phenoxy) is 2. The number of para-hydroxylation sites is 2. The Bertz CT molecular complexity index is 1280. The molecule has 0 fully saturated rings. The Kier molecular flexibility index (Phi) is 5.30. The van der Waals surface area contributed by atoms with Crippen LogP contribution in [0, 0.1) is 6.92 Å². The number of benzene rings is 2. The topological polar surface area (TPSA) is 78.3 Å². The maximum absolute atomic E-state index is 12.8. The number of rotatable bonds is 6. The van der Waals surface area contributed by atoms with Crippen molar-refractivity contribution in [1.29, 1.82) is 0 Å². The molecule has 0 spiro atoms. The highest BCUT2D eigenvalue weighted by molar-refractivity contribution is 7.20. The van der Waals surface area contributed by atoms with E-state index < -0.39 is 0 Å². The summed E-state index contributed by atoms with van der Waals surface area (Å²) in [5.41, 5.74) is 3.68. The minimum absolute atomic E-state index is 0.0611. The van der Waals surface area contributed by atoms with Crippen LogP contribution in [-0.2, 0) is 4.79 Å². The van der Waals surface area contributed by atoms with Gasteiger partial charge in [-0.3, -0.25) is 4.79 Å². The summed E-state index contributed by atoms with van der Waals surface area (Å²) in [4.78, 5) is 17.5. The van der Waals surface area contributed by atoms with Gasteiger partial charge >= 0.3 is 0 Å². The number of aryl methyl sites for hydroxylation is 1. The molecule has 0 aliphatic carbocycles. The molecular weight excluding hydrogens is 424 g/mol. The molecule has 0 radical (unpaired) electrons. The van der Waals surface area contributed by atoms with Gasteiger partial charge in [-0.1, -0.05) is 42.5 Å². The number of methoxy groups -OCH3 is 1. The molecule has 8 heteroatoms. The van der Waals surface area contributed by atoms with Gasteiger partial charge in [-0.15, -0.1) is 0 Å². The van der Waals surface area contributed by atoms with Crippen LogP contribution < -0.4 is 14.8 Å². The third-order valence-corrected chi connectivity index (χ3v) is 6.63. The Labute approximate surface area is 190 Å². The number of fused-ring (bicyclic) bond motifs is 2. The normalized spacial score (nSPS) is 15.5. The number of amides is 1. The quantitative estimate of drug-likeness (QED) is 0.446. The van der Waals surface area contributed by atoms with Crippen LogP contribution in [0.5, 0.6) is 11.5 Å². The minimum atomic E-state index is -0.191. The second-order valence-corrected chi connectivity index (χ2v) is 8.76. The second-order valence-electron chi connectivity index (χ2n) is 7.76. The predicted molar refractivity (Wildman–Crippen MR) is 125 cm³/mol. The monoisotopic (exact) mass is 448 g/mol. The van der Waals surface area contributed by atoms with Crippen LogP contribution in [-0.4, -0.2) is 34.4 Å². The summed E-state index contributed by atoms with van der Waals surface area (Å²) in [6, 6.07) is 13.8. The average Bonchev–Trinajstić information content (AvgIpc) is 3.37. The van der Waals surface area contributed by atoms with Crippen LogP contribution in [0.15, 0.2) is 42.5 Å². The van der Waals surface area contributed by atoms with E-state index in [0.717, 1.165) is 38.6 Å². The Balaban J connectivity index is 1.66. The Morgan fingerprint density at radius 3 is 2.84 bits per heavy atom. The van der Waals surface area contributed by atoms with Crippen molar-refractivity contribution in [3.05, 3.63) is 59.3 Å². The van der Waals surface area contributed by atoms with Crippen molar-refractivity contribution >= 4 is 33.3 Å². The van der Waals surface area contributed by atoms with Crippen molar-refractivity contribution in [3.8, 4) is 16.6 Å². The predicted octanol–water partition coefficient (Wildman–Crippen LogP) is 5.06. The number of aromatic nitrogens is 3. The van der Waals surface area contributed by atoms with E-state index in [0.29, 0.717) is 30.3 Å². The van der Waals surface area contributed by atoms with E-state index in [-0.39, 0.29) is 11.8 Å². The summed E-state index contributed by atoms with van der Waals surface area (Å²) in [6.45, 7) is 4.61. The number of nitrogens with one attached hydrogen (secondary N) is 1. The highest BCUT2D eigenvalue weighted by Gasteiger charge is 2.35. The van der Waals surface area contributed by atoms with Gasteiger partial charge in [0.1, 0.15) is 5.82 Å². The number of nitrogens with zero attached hydrogens (tertiary/aromatic N) is 3. The number of carbonyl (C=O) groups is 1. The summed E-state index contributed by atoms with van der Waals surface area (Å²) < 4.78 is 14.5. The summed E-state index contributed by atoms with van der Waals surface area (Å²) in [5, 5.41) is 8.55. The molecule has 4 aromatic rings. The van der Waals surface area contributed by atoms with Crippen molar-refractivity contribution in [2.24, 2.45) is 0 Å². The summed E-state index contributed by atoms with van der Waals surface area (Å²) in [6.07, 6.45) is 1.19. The lowest BCUT2D eigenvalue weighted by atomic mass is 9.85. The molecule has 0 saturated heterocycles. The van der Waals surface area contributed by atoms with Gasteiger partial charge in [-0.05, 0) is 31.5 Å². The Hall–Kier alpha value is -3.39. The number of carbonyl (C=O) groups excluding carboxylic acids is 1. The van der Waals surface area contributed by atoms with Crippen molar-refractivity contribution in [1.82, 2.24) is 14.8 Å². The highest BCUT2D eigenvalue weighted by Crippen LogP contribution is 2.46. The molecule has 0 saturated carbocycles. The zero-order valence-electron chi connectivity index (χ0n) is 18.2. The maximum atomic E-state index is 12.8. The molecule has 0 bridgehead atoms. The van der Waals surface area contributed by atoms with Crippen LogP contribution >= 0.6 is 11.3 Å². The lowest BCUT2D eigenvalue weighted by molar-refractivity contribution is -0.116. The van der Waals surface area contributed by atoms with Crippen LogP contribution in [0.2, 0.25) is 0 Å². The van der Waals surface area contributed by atoms with Gasteiger partial charge in [0.05, 0.1) is 29.6 Å². The van der Waals surface area contributed by atoms with Crippen LogP contribution in [0.1, 0.15) is 42.5 Å². The third kappa shape index (κ3) is 3.40. The Morgan fingerprint density at radius 2 is 2.06 bits per heavy atom. The number of hydrogen-bond acceptors (Lipinski definition) is 6. The Morgan fingerprint density at radius 1 is 1.22 bits per heavy atom. The second kappa shape index (κ2) is 8.27. The van der Waals surface area contributed by atoms with E-state index in [1.165, 1.54) is 0 Å². The maximum Gasteiger partial charge on any atom is 0.226 e. The zero-order valence-corrected chi connectivity index (χ0v) is 19.0. The minimum Gasteiger partial charge on any atom is -0.493 e. The van der Waals surface area contributed by atoms with Gasteiger partial charge in [0.15, 0.2) is 11.5 Å². The fourth-order valence-electron chi connectivity index (χ4n) is 4.23. The van der Waals surface area contributed by atoms with E-state index >= 15 is 0 Å². The third-order valence-electron chi connectivity index (χ3n) is 5.62. The molecule has 32 heavy (non-hydrogen) atoms. The zero-order chi connectivity index (χ0) is 22.2. The van der Waals surface area contributed by atoms with Crippen LogP contribution in [0.4, 0.5) is 5.82 Å². The number of hydrogen-bond donors (Lipinski definition) is 1. The first-order chi connectivity index (χ1) is 15.6. The van der Waals surface area contributed by atoms with Crippen LogP contribution in [0.25, 0.3) is 15.3 Å². The first kappa shape index (κ1) is 20.5. The fourth-order valence-corrected chi connectivity index (χ4v) is 5.15. The van der Waals surface area contributed by atoms with Gasteiger partial charge in [0, 0.05) is 23.5 Å². The van der Waals surface area contributed by atoms with E-state index in [9.17, 15) is 4.79 Å². The summed E-state index contributed by atoms with van der Waals surface area (Å²) >= 11 is 1.55. The highest BCUT2D eigenvalue weighted by atomic mass is 32.1. The van der Waals surface area contributed by atoms with Crippen molar-refractivity contribution in [2.75, 3.05) is 19.0 Å². The number of anilines is 1.